The Kier molecular flexibility index (Phi) is 3.65. The molecule has 1 aliphatic carbocycles. The molecule has 0 spiro atoms. The quantitative estimate of drug-likeness (QED) is 0.647. The molecule has 2 N–H and O–H groups in total. The van der Waals surface area contributed by atoms with Gasteiger partial charge in [-0.2, -0.15) is 0 Å². The van der Waals surface area contributed by atoms with E-state index in [0.717, 1.165) is 9.26 Å². The zero-order valence-electron chi connectivity index (χ0n) is 9.25. The van der Waals surface area contributed by atoms with Crippen molar-refractivity contribution in [3.8, 4) is 0 Å². The molecule has 0 radical (unpaired) electrons. The Bertz CT molecular complexity index is 420. The van der Waals surface area contributed by atoms with Crippen molar-refractivity contribution in [2.24, 2.45) is 0 Å². The van der Waals surface area contributed by atoms with Crippen LogP contribution in [-0.4, -0.2) is 22.1 Å². The molecular formula is C11H13F2IN2O. The van der Waals surface area contributed by atoms with Crippen LogP contribution >= 0.6 is 22.6 Å². The van der Waals surface area contributed by atoms with Gasteiger partial charge in [0, 0.05) is 22.5 Å². The van der Waals surface area contributed by atoms with Crippen LogP contribution in [0.4, 0.5) is 8.78 Å². The molecule has 1 saturated carbocycles. The Hall–Kier alpha value is -0.340. The highest BCUT2D eigenvalue weighted by Gasteiger charge is 2.45. The third kappa shape index (κ3) is 3.11. The van der Waals surface area contributed by atoms with Gasteiger partial charge in [0.25, 0.3) is 5.92 Å². The standard InChI is InChI=1S/C11H13F2IN2O/c1-6-8(14)2-3-9(15-6)10(17)16-7-4-11(12,13)5-7/h2-3,7,10,16-17H,4-5H2,1H3. The first-order valence-electron chi connectivity index (χ1n) is 5.32. The van der Waals surface area contributed by atoms with Crippen molar-refractivity contribution < 1.29 is 13.9 Å². The number of halogens is 3. The molecular weight excluding hydrogens is 341 g/mol. The number of hydrogen-bond donors (Lipinski definition) is 2. The predicted octanol–water partition coefficient (Wildman–Crippen LogP) is 2.37. The highest BCUT2D eigenvalue weighted by molar-refractivity contribution is 14.1. The molecule has 0 amide bonds. The topological polar surface area (TPSA) is 45.2 Å². The molecule has 1 aliphatic rings. The number of nitrogens with zero attached hydrogens (tertiary/aromatic N) is 1. The molecule has 1 fully saturated rings. The van der Waals surface area contributed by atoms with Gasteiger partial charge < -0.3 is 5.11 Å². The summed E-state index contributed by atoms with van der Waals surface area (Å²) in [5, 5.41) is 12.6. The van der Waals surface area contributed by atoms with E-state index in [0.29, 0.717) is 5.69 Å². The van der Waals surface area contributed by atoms with Gasteiger partial charge in [-0.25, -0.2) is 8.78 Å². The first kappa shape index (κ1) is 13.1. The molecule has 0 aromatic carbocycles. The van der Waals surface area contributed by atoms with Gasteiger partial charge in [0.05, 0.1) is 11.4 Å². The SMILES string of the molecule is Cc1nc(C(O)NC2CC(F)(F)C2)ccc1I. The Morgan fingerprint density at radius 1 is 1.53 bits per heavy atom. The zero-order chi connectivity index (χ0) is 12.6. The lowest BCUT2D eigenvalue weighted by Crippen LogP contribution is -2.49. The largest absolute Gasteiger partial charge is 0.373 e. The number of aromatic nitrogens is 1. The summed E-state index contributed by atoms with van der Waals surface area (Å²) in [6.07, 6.45) is -1.41. The van der Waals surface area contributed by atoms with Gasteiger partial charge in [0.1, 0.15) is 6.23 Å². The lowest BCUT2D eigenvalue weighted by atomic mass is 9.88. The van der Waals surface area contributed by atoms with Crippen LogP contribution in [0.25, 0.3) is 0 Å². The second-order valence-corrected chi connectivity index (χ2v) is 5.50. The van der Waals surface area contributed by atoms with Gasteiger partial charge in [0.15, 0.2) is 0 Å². The minimum Gasteiger partial charge on any atom is -0.373 e. The van der Waals surface area contributed by atoms with E-state index in [-0.39, 0.29) is 18.9 Å². The Labute approximate surface area is 112 Å². The van der Waals surface area contributed by atoms with E-state index >= 15 is 0 Å². The number of aliphatic hydroxyl groups is 1. The first-order valence-corrected chi connectivity index (χ1v) is 6.40. The van der Waals surface area contributed by atoms with Crippen molar-refractivity contribution >= 4 is 22.6 Å². The van der Waals surface area contributed by atoms with Gasteiger partial charge in [-0.1, -0.05) is 0 Å². The number of nitrogens with one attached hydrogen (secondary N) is 1. The van der Waals surface area contributed by atoms with Crippen molar-refractivity contribution in [2.75, 3.05) is 0 Å². The summed E-state index contributed by atoms with van der Waals surface area (Å²) in [7, 11) is 0. The lowest BCUT2D eigenvalue weighted by molar-refractivity contribution is -0.103. The summed E-state index contributed by atoms with van der Waals surface area (Å²) in [5.41, 5.74) is 1.29. The molecule has 1 atom stereocenters. The van der Waals surface area contributed by atoms with Crippen LogP contribution in [0, 0.1) is 10.5 Å². The second-order valence-electron chi connectivity index (χ2n) is 4.33. The number of rotatable bonds is 3. The van der Waals surface area contributed by atoms with Crippen LogP contribution < -0.4 is 5.32 Å². The maximum Gasteiger partial charge on any atom is 0.251 e. The van der Waals surface area contributed by atoms with E-state index in [1.165, 1.54) is 0 Å². The molecule has 2 rings (SSSR count). The van der Waals surface area contributed by atoms with Gasteiger partial charge in [-0.3, -0.25) is 10.3 Å². The van der Waals surface area contributed by atoms with Crippen molar-refractivity contribution in [2.45, 2.75) is 38.0 Å². The number of aliphatic hydroxyl groups excluding tert-OH is 1. The predicted molar refractivity (Wildman–Crippen MR) is 67.8 cm³/mol. The van der Waals surface area contributed by atoms with Crippen molar-refractivity contribution in [3.63, 3.8) is 0 Å². The van der Waals surface area contributed by atoms with E-state index in [1.54, 1.807) is 6.07 Å². The molecule has 6 heteroatoms. The highest BCUT2D eigenvalue weighted by Crippen LogP contribution is 2.38. The summed E-state index contributed by atoms with van der Waals surface area (Å²) in [6.45, 7) is 1.84. The maximum absolute atomic E-state index is 12.6. The number of aryl methyl sites for hydroxylation is 1. The number of alkyl halides is 2. The summed E-state index contributed by atoms with van der Waals surface area (Å²) >= 11 is 2.15. The van der Waals surface area contributed by atoms with Crippen molar-refractivity contribution in [1.29, 1.82) is 0 Å². The third-order valence-electron chi connectivity index (χ3n) is 2.81. The second kappa shape index (κ2) is 4.74. The van der Waals surface area contributed by atoms with Crippen LogP contribution in [0.3, 0.4) is 0 Å². The molecule has 1 heterocycles. The van der Waals surface area contributed by atoms with Gasteiger partial charge in [-0.05, 0) is 41.6 Å². The van der Waals surface area contributed by atoms with E-state index in [1.807, 2.05) is 13.0 Å². The smallest absolute Gasteiger partial charge is 0.251 e. The average Bonchev–Trinajstić information content (AvgIpc) is 2.19. The lowest BCUT2D eigenvalue weighted by Gasteiger charge is -2.36. The Balaban J connectivity index is 1.96. The van der Waals surface area contributed by atoms with Crippen LogP contribution in [0.2, 0.25) is 0 Å². The molecule has 0 saturated heterocycles. The highest BCUT2D eigenvalue weighted by atomic mass is 127. The van der Waals surface area contributed by atoms with Gasteiger partial charge in [-0.15, -0.1) is 0 Å². The fourth-order valence-electron chi connectivity index (χ4n) is 1.80. The fourth-order valence-corrected chi connectivity index (χ4v) is 2.10. The summed E-state index contributed by atoms with van der Waals surface area (Å²) in [5.74, 6) is -2.58. The maximum atomic E-state index is 12.6. The van der Waals surface area contributed by atoms with Crippen LogP contribution in [-0.2, 0) is 0 Å². The summed E-state index contributed by atoms with van der Waals surface area (Å²) in [6, 6.07) is 3.21. The van der Waals surface area contributed by atoms with Gasteiger partial charge in [0.2, 0.25) is 0 Å². The molecule has 1 unspecified atom stereocenters. The third-order valence-corrected chi connectivity index (χ3v) is 3.95. The molecule has 1 aromatic rings. The Morgan fingerprint density at radius 3 is 2.71 bits per heavy atom. The zero-order valence-corrected chi connectivity index (χ0v) is 11.4. The van der Waals surface area contributed by atoms with Crippen molar-refractivity contribution in [3.05, 3.63) is 27.1 Å². The van der Waals surface area contributed by atoms with Crippen LogP contribution in [0.15, 0.2) is 12.1 Å². The molecule has 94 valence electrons. The van der Waals surface area contributed by atoms with Crippen LogP contribution in [0.5, 0.6) is 0 Å². The van der Waals surface area contributed by atoms with Crippen LogP contribution in [0.1, 0.15) is 30.5 Å². The summed E-state index contributed by atoms with van der Waals surface area (Å²) < 4.78 is 26.2. The monoisotopic (exact) mass is 354 g/mol. The molecule has 0 bridgehead atoms. The van der Waals surface area contributed by atoms with E-state index < -0.39 is 12.2 Å². The molecule has 0 aliphatic heterocycles. The molecule has 17 heavy (non-hydrogen) atoms. The number of pyridine rings is 1. The van der Waals surface area contributed by atoms with E-state index in [4.69, 9.17) is 0 Å². The number of hydrogen-bond acceptors (Lipinski definition) is 3. The Morgan fingerprint density at radius 2 is 2.18 bits per heavy atom. The van der Waals surface area contributed by atoms with E-state index in [2.05, 4.69) is 32.9 Å². The molecule has 3 nitrogen and oxygen atoms in total. The van der Waals surface area contributed by atoms with E-state index in [9.17, 15) is 13.9 Å². The first-order chi connectivity index (χ1) is 7.87. The average molecular weight is 354 g/mol. The summed E-state index contributed by atoms with van der Waals surface area (Å²) in [4.78, 5) is 4.21. The minimum absolute atomic E-state index is 0.215. The van der Waals surface area contributed by atoms with Crippen molar-refractivity contribution in [1.82, 2.24) is 10.3 Å². The normalized spacial score (nSPS) is 21.0. The fraction of sp³-hybridized carbons (Fsp3) is 0.545. The molecule has 1 aromatic heterocycles. The van der Waals surface area contributed by atoms with Gasteiger partial charge >= 0.3 is 0 Å². The minimum atomic E-state index is -2.58.